The number of aliphatic imine (C=N–C) groups is 1. The van der Waals surface area contributed by atoms with Gasteiger partial charge in [-0.2, -0.15) is 0 Å². The van der Waals surface area contributed by atoms with Crippen molar-refractivity contribution in [3.05, 3.63) is 65.5 Å². The number of rotatable bonds is 4. The molecule has 0 amide bonds. The number of nitrogens with zero attached hydrogens (tertiary/aromatic N) is 1. The molecule has 0 bridgehead atoms. The summed E-state index contributed by atoms with van der Waals surface area (Å²) in [5.74, 6) is 0.227. The Morgan fingerprint density at radius 3 is 2.42 bits per heavy atom. The smallest absolute Gasteiger partial charge is 0.250 e. The Morgan fingerprint density at radius 1 is 1.08 bits per heavy atom. The van der Waals surface area contributed by atoms with Gasteiger partial charge in [-0.3, -0.25) is 0 Å². The Morgan fingerprint density at radius 2 is 1.77 bits per heavy atom. The average molecular weight is 372 g/mol. The van der Waals surface area contributed by atoms with Crippen molar-refractivity contribution >= 4 is 14.2 Å². The first-order valence-corrected chi connectivity index (χ1v) is 11.8. The first kappa shape index (κ1) is 18.6. The molecule has 0 aliphatic carbocycles. The van der Waals surface area contributed by atoms with Gasteiger partial charge in [0, 0.05) is 0 Å². The maximum absolute atomic E-state index is 15.1. The van der Waals surface area contributed by atoms with Crippen LogP contribution in [0.3, 0.4) is 0 Å². The Balaban J connectivity index is 1.82. The van der Waals surface area contributed by atoms with E-state index in [1.807, 2.05) is 30.3 Å². The molecule has 1 heterocycles. The third-order valence-electron chi connectivity index (χ3n) is 5.19. The summed E-state index contributed by atoms with van der Waals surface area (Å²) in [5, 5.41) is -0.00474. The molecule has 3 rings (SSSR count). The third kappa shape index (κ3) is 3.68. The Kier molecular flexibility index (Phi) is 4.93. The van der Waals surface area contributed by atoms with Crippen molar-refractivity contribution in [2.24, 2.45) is 4.99 Å². The number of benzene rings is 2. The Bertz CT molecular complexity index is 813. The van der Waals surface area contributed by atoms with E-state index in [0.29, 0.717) is 18.0 Å². The lowest BCUT2D eigenvalue weighted by Crippen LogP contribution is -2.44. The van der Waals surface area contributed by atoms with E-state index in [1.165, 1.54) is 0 Å². The van der Waals surface area contributed by atoms with Crippen LogP contribution in [0.5, 0.6) is 5.75 Å². The summed E-state index contributed by atoms with van der Waals surface area (Å²) in [4.78, 5) is 4.42. The van der Waals surface area contributed by atoms with Gasteiger partial charge in [-0.05, 0) is 35.8 Å². The predicted octanol–water partition coefficient (Wildman–Crippen LogP) is 5.73. The van der Waals surface area contributed by atoms with Crippen LogP contribution in [-0.4, -0.2) is 20.8 Å². The van der Waals surface area contributed by atoms with Crippen molar-refractivity contribution < 1.29 is 13.6 Å². The average Bonchev–Trinajstić information content (AvgIpc) is 3.06. The lowest BCUT2D eigenvalue weighted by molar-refractivity contribution is 0.229. The highest BCUT2D eigenvalue weighted by Crippen LogP contribution is 2.38. The minimum absolute atomic E-state index is 0.00474. The molecule has 0 radical (unpaired) electrons. The lowest BCUT2D eigenvalue weighted by Gasteiger charge is -2.36. The van der Waals surface area contributed by atoms with Gasteiger partial charge in [0.25, 0.3) is 8.32 Å². The van der Waals surface area contributed by atoms with Crippen molar-refractivity contribution in [2.75, 3.05) is 6.54 Å². The maximum atomic E-state index is 15.1. The van der Waals surface area contributed by atoms with E-state index < -0.39 is 14.1 Å². The topological polar surface area (TPSA) is 30.8 Å². The molecule has 0 aromatic heterocycles. The van der Waals surface area contributed by atoms with Crippen LogP contribution < -0.4 is 4.43 Å². The van der Waals surface area contributed by atoms with Crippen molar-refractivity contribution in [1.82, 2.24) is 0 Å². The van der Waals surface area contributed by atoms with Crippen molar-refractivity contribution in [2.45, 2.75) is 45.0 Å². The van der Waals surface area contributed by atoms with Crippen LogP contribution in [0.15, 0.2) is 53.5 Å². The van der Waals surface area contributed by atoms with Crippen LogP contribution >= 0.6 is 0 Å². The summed E-state index contributed by atoms with van der Waals surface area (Å²) in [7, 11) is -2.13. The van der Waals surface area contributed by atoms with E-state index in [2.05, 4.69) is 38.9 Å². The van der Waals surface area contributed by atoms with Gasteiger partial charge < -0.3 is 9.16 Å². The van der Waals surface area contributed by atoms with E-state index in [9.17, 15) is 0 Å². The normalized spacial score (nSPS) is 17.6. The van der Waals surface area contributed by atoms with Crippen LogP contribution in [0.2, 0.25) is 18.1 Å². The van der Waals surface area contributed by atoms with E-state index >= 15 is 4.39 Å². The molecule has 0 fully saturated rings. The molecule has 138 valence electrons. The summed E-state index contributed by atoms with van der Waals surface area (Å²) in [6.45, 7) is 11.1. The molecule has 1 atom stereocenters. The van der Waals surface area contributed by atoms with Crippen molar-refractivity contribution in [3.63, 3.8) is 0 Å². The van der Waals surface area contributed by atoms with E-state index in [1.54, 1.807) is 18.2 Å². The third-order valence-corrected chi connectivity index (χ3v) is 9.53. The zero-order valence-corrected chi connectivity index (χ0v) is 17.0. The van der Waals surface area contributed by atoms with Crippen LogP contribution in [0, 0.1) is 5.82 Å². The van der Waals surface area contributed by atoms with Gasteiger partial charge in [0.15, 0.2) is 5.82 Å². The Hall–Kier alpha value is -2.14. The highest BCUT2D eigenvalue weighted by molar-refractivity contribution is 6.74. The molecule has 26 heavy (non-hydrogen) atoms. The first-order valence-electron chi connectivity index (χ1n) is 8.93. The monoisotopic (exact) mass is 371 g/mol. The molecular weight excluding hydrogens is 345 g/mol. The second-order valence-electron chi connectivity index (χ2n) is 8.14. The van der Waals surface area contributed by atoms with Crippen LogP contribution in [0.1, 0.15) is 38.0 Å². The highest BCUT2D eigenvalue weighted by atomic mass is 28.4. The summed E-state index contributed by atoms with van der Waals surface area (Å²) < 4.78 is 27.2. The second kappa shape index (κ2) is 6.87. The minimum Gasteiger partial charge on any atom is -0.542 e. The molecule has 1 aliphatic heterocycles. The van der Waals surface area contributed by atoms with Crippen molar-refractivity contribution in [3.8, 4) is 5.75 Å². The van der Waals surface area contributed by atoms with Gasteiger partial charge in [-0.25, -0.2) is 9.38 Å². The van der Waals surface area contributed by atoms with Gasteiger partial charge in [-0.15, -0.1) is 0 Å². The van der Waals surface area contributed by atoms with Gasteiger partial charge in [0.2, 0.25) is 5.90 Å². The molecule has 0 saturated heterocycles. The number of hydrogen-bond donors (Lipinski definition) is 0. The standard InChI is InChI=1S/C21H26FNO2Si/c1-21(2,3)26(4,5)25-17-13-9-12-16(19(17)22)20-23-14-18(24-20)15-10-7-6-8-11-15/h6-13,18H,14H2,1-5H3/t18-/m0/s1. The summed E-state index contributed by atoms with van der Waals surface area (Å²) in [5.41, 5.74) is 1.40. The van der Waals surface area contributed by atoms with E-state index in [-0.39, 0.29) is 16.9 Å². The molecule has 1 aliphatic rings. The van der Waals surface area contributed by atoms with E-state index in [4.69, 9.17) is 9.16 Å². The fourth-order valence-corrected chi connectivity index (χ4v) is 3.56. The van der Waals surface area contributed by atoms with E-state index in [0.717, 1.165) is 5.56 Å². The number of hydrogen-bond acceptors (Lipinski definition) is 3. The molecule has 0 saturated carbocycles. The zero-order valence-electron chi connectivity index (χ0n) is 16.0. The fourth-order valence-electron chi connectivity index (χ4n) is 2.55. The van der Waals surface area contributed by atoms with Crippen LogP contribution in [0.4, 0.5) is 4.39 Å². The molecule has 0 spiro atoms. The van der Waals surface area contributed by atoms with Gasteiger partial charge >= 0.3 is 0 Å². The van der Waals surface area contributed by atoms with Crippen LogP contribution in [0.25, 0.3) is 0 Å². The zero-order chi connectivity index (χ0) is 18.9. The highest BCUT2D eigenvalue weighted by Gasteiger charge is 2.40. The maximum Gasteiger partial charge on any atom is 0.250 e. The second-order valence-corrected chi connectivity index (χ2v) is 12.9. The molecule has 2 aromatic rings. The quantitative estimate of drug-likeness (QED) is 0.643. The number of halogens is 1. The fraction of sp³-hybridized carbons (Fsp3) is 0.381. The molecule has 0 N–H and O–H groups in total. The van der Waals surface area contributed by atoms with Gasteiger partial charge in [0.05, 0.1) is 12.1 Å². The molecule has 0 unspecified atom stereocenters. The molecule has 2 aromatic carbocycles. The minimum atomic E-state index is -2.13. The summed E-state index contributed by atoms with van der Waals surface area (Å²) in [6.07, 6.45) is -0.171. The summed E-state index contributed by atoms with van der Waals surface area (Å²) in [6, 6.07) is 15.1. The van der Waals surface area contributed by atoms with Gasteiger partial charge in [0.1, 0.15) is 11.9 Å². The predicted molar refractivity (Wildman–Crippen MR) is 106 cm³/mol. The summed E-state index contributed by atoms with van der Waals surface area (Å²) >= 11 is 0. The first-order chi connectivity index (χ1) is 12.2. The lowest BCUT2D eigenvalue weighted by atomic mass is 10.1. The van der Waals surface area contributed by atoms with Crippen LogP contribution in [-0.2, 0) is 4.74 Å². The SMILES string of the molecule is CC(C)(C)[Si](C)(C)Oc1cccc(C2=NC[C@@H](c3ccccc3)O2)c1F. The van der Waals surface area contributed by atoms with Crippen molar-refractivity contribution in [1.29, 1.82) is 0 Å². The molecule has 3 nitrogen and oxygen atoms in total. The number of ether oxygens (including phenoxy) is 1. The Labute approximate surface area is 156 Å². The van der Waals surface area contributed by atoms with Gasteiger partial charge in [-0.1, -0.05) is 57.2 Å². The molecular formula is C21H26FNO2Si. The largest absolute Gasteiger partial charge is 0.542 e. The molecule has 5 heteroatoms.